The first-order valence-electron chi connectivity index (χ1n) is 8.11. The Bertz CT molecular complexity index is 777. The molecule has 2 aromatic rings. The molecule has 5 heteroatoms. The fraction of sp³-hybridized carbons (Fsp3) is 0.300. The topological polar surface area (TPSA) is 55.4 Å². The van der Waals surface area contributed by atoms with Crippen LogP contribution in [-0.4, -0.2) is 18.5 Å². The Morgan fingerprint density at radius 1 is 1.08 bits per heavy atom. The molecule has 0 spiro atoms. The lowest BCUT2D eigenvalue weighted by Gasteiger charge is -2.19. The molecule has 0 radical (unpaired) electrons. The second-order valence-corrected chi connectivity index (χ2v) is 7.10. The number of hydrogen-bond donors (Lipinski definition) is 1. The summed E-state index contributed by atoms with van der Waals surface area (Å²) in [6.45, 7) is 8.33. The zero-order valence-corrected chi connectivity index (χ0v) is 15.6. The molecule has 4 nitrogen and oxygen atoms in total. The van der Waals surface area contributed by atoms with E-state index in [4.69, 9.17) is 16.3 Å². The van der Waals surface area contributed by atoms with Gasteiger partial charge < -0.3 is 10.1 Å². The Kier molecular flexibility index (Phi) is 5.85. The molecule has 0 bridgehead atoms. The van der Waals surface area contributed by atoms with Crippen LogP contribution in [0, 0.1) is 0 Å². The number of halogens is 1. The largest absolute Gasteiger partial charge is 0.462 e. The van der Waals surface area contributed by atoms with Crippen LogP contribution in [0.3, 0.4) is 0 Å². The minimum atomic E-state index is -0.516. The van der Waals surface area contributed by atoms with Gasteiger partial charge in [0.15, 0.2) is 0 Å². The number of anilines is 1. The maximum atomic E-state index is 12.4. The van der Waals surface area contributed by atoms with Crippen molar-refractivity contribution in [3.05, 3.63) is 64.2 Å². The Morgan fingerprint density at radius 2 is 1.72 bits per heavy atom. The van der Waals surface area contributed by atoms with Gasteiger partial charge in [-0.1, -0.05) is 44.5 Å². The highest BCUT2D eigenvalue weighted by molar-refractivity contribution is 6.33. The van der Waals surface area contributed by atoms with E-state index < -0.39 is 5.97 Å². The van der Waals surface area contributed by atoms with Gasteiger partial charge in [-0.3, -0.25) is 4.79 Å². The molecule has 2 aromatic carbocycles. The average molecular weight is 360 g/mol. The Balaban J connectivity index is 2.18. The number of carbonyl (C=O) groups excluding carboxylic acids is 2. The van der Waals surface area contributed by atoms with Crippen LogP contribution < -0.4 is 5.32 Å². The molecule has 0 heterocycles. The fourth-order valence-corrected chi connectivity index (χ4v) is 2.49. The molecule has 0 fully saturated rings. The summed E-state index contributed by atoms with van der Waals surface area (Å²) in [6, 6.07) is 12.2. The molecule has 0 atom stereocenters. The number of nitrogens with one attached hydrogen (secondary N) is 1. The van der Waals surface area contributed by atoms with Gasteiger partial charge in [0.05, 0.1) is 17.2 Å². The first-order valence-corrected chi connectivity index (χ1v) is 8.48. The van der Waals surface area contributed by atoms with Gasteiger partial charge in [-0.05, 0) is 48.2 Å². The SMILES string of the molecule is CCOC(=O)c1cc(NC(=O)c2ccc(C(C)(C)C)cc2)ccc1Cl. The number of ether oxygens (including phenoxy) is 1. The molecule has 0 aliphatic heterocycles. The Labute approximate surface area is 153 Å². The second-order valence-electron chi connectivity index (χ2n) is 6.70. The lowest BCUT2D eigenvalue weighted by molar-refractivity contribution is 0.0526. The normalized spacial score (nSPS) is 11.1. The lowest BCUT2D eigenvalue weighted by atomic mass is 9.87. The molecule has 0 aliphatic carbocycles. The third-order valence-corrected chi connectivity index (χ3v) is 4.06. The molecular formula is C20H22ClNO3. The highest BCUT2D eigenvalue weighted by Gasteiger charge is 2.16. The summed E-state index contributed by atoms with van der Waals surface area (Å²) in [4.78, 5) is 24.3. The van der Waals surface area contributed by atoms with Gasteiger partial charge in [0.2, 0.25) is 0 Å². The van der Waals surface area contributed by atoms with Crippen LogP contribution >= 0.6 is 11.6 Å². The Morgan fingerprint density at radius 3 is 2.28 bits per heavy atom. The van der Waals surface area contributed by atoms with Gasteiger partial charge in [-0.15, -0.1) is 0 Å². The fourth-order valence-electron chi connectivity index (χ4n) is 2.29. The van der Waals surface area contributed by atoms with E-state index in [0.717, 1.165) is 5.56 Å². The van der Waals surface area contributed by atoms with Crippen molar-refractivity contribution in [1.82, 2.24) is 0 Å². The standard InChI is InChI=1S/C20H22ClNO3/c1-5-25-19(24)16-12-15(10-11-17(16)21)22-18(23)13-6-8-14(9-7-13)20(2,3)4/h6-12H,5H2,1-4H3,(H,22,23). The molecule has 0 aliphatic rings. The number of rotatable bonds is 4. The van der Waals surface area contributed by atoms with E-state index in [9.17, 15) is 9.59 Å². The summed E-state index contributed by atoms with van der Waals surface area (Å²) < 4.78 is 4.96. The molecule has 0 saturated heterocycles. The minimum Gasteiger partial charge on any atom is -0.462 e. The predicted octanol–water partition coefficient (Wildman–Crippen LogP) is 5.07. The van der Waals surface area contributed by atoms with Crippen LogP contribution in [0.2, 0.25) is 5.02 Å². The van der Waals surface area contributed by atoms with Crippen molar-refractivity contribution in [3.63, 3.8) is 0 Å². The summed E-state index contributed by atoms with van der Waals surface area (Å²) in [5.74, 6) is -0.768. The van der Waals surface area contributed by atoms with Crippen molar-refractivity contribution in [2.45, 2.75) is 33.1 Å². The smallest absolute Gasteiger partial charge is 0.339 e. The summed E-state index contributed by atoms with van der Waals surface area (Å²) in [7, 11) is 0. The van der Waals surface area contributed by atoms with E-state index in [0.29, 0.717) is 11.3 Å². The van der Waals surface area contributed by atoms with Crippen LogP contribution in [0.15, 0.2) is 42.5 Å². The van der Waals surface area contributed by atoms with E-state index in [1.165, 1.54) is 6.07 Å². The summed E-state index contributed by atoms with van der Waals surface area (Å²) in [5.41, 5.74) is 2.43. The molecule has 1 amide bonds. The van der Waals surface area contributed by atoms with E-state index >= 15 is 0 Å². The quantitative estimate of drug-likeness (QED) is 0.775. The van der Waals surface area contributed by atoms with Crippen LogP contribution in [-0.2, 0) is 10.2 Å². The van der Waals surface area contributed by atoms with Crippen molar-refractivity contribution in [3.8, 4) is 0 Å². The van der Waals surface area contributed by atoms with Crippen molar-refractivity contribution in [2.24, 2.45) is 0 Å². The first-order chi connectivity index (χ1) is 11.7. The van der Waals surface area contributed by atoms with Gasteiger partial charge in [-0.25, -0.2) is 4.79 Å². The summed E-state index contributed by atoms with van der Waals surface area (Å²) in [6.07, 6.45) is 0. The van der Waals surface area contributed by atoms with Gasteiger partial charge in [0.1, 0.15) is 0 Å². The molecule has 0 saturated carbocycles. The van der Waals surface area contributed by atoms with Gasteiger partial charge in [0, 0.05) is 11.3 Å². The number of amides is 1. The highest BCUT2D eigenvalue weighted by atomic mass is 35.5. The van der Waals surface area contributed by atoms with Crippen LogP contribution in [0.5, 0.6) is 0 Å². The maximum absolute atomic E-state index is 12.4. The third-order valence-electron chi connectivity index (χ3n) is 3.73. The number of hydrogen-bond acceptors (Lipinski definition) is 3. The van der Waals surface area contributed by atoms with E-state index in [2.05, 4.69) is 26.1 Å². The molecule has 1 N–H and O–H groups in total. The highest BCUT2D eigenvalue weighted by Crippen LogP contribution is 2.24. The zero-order chi connectivity index (χ0) is 18.6. The molecule has 0 unspecified atom stereocenters. The molecule has 2 rings (SSSR count). The van der Waals surface area contributed by atoms with Crippen LogP contribution in [0.4, 0.5) is 5.69 Å². The van der Waals surface area contributed by atoms with Gasteiger partial charge in [-0.2, -0.15) is 0 Å². The molecule has 25 heavy (non-hydrogen) atoms. The van der Waals surface area contributed by atoms with Crippen molar-refractivity contribution >= 4 is 29.2 Å². The summed E-state index contributed by atoms with van der Waals surface area (Å²) >= 11 is 6.03. The van der Waals surface area contributed by atoms with Gasteiger partial charge in [0.25, 0.3) is 5.91 Å². The lowest BCUT2D eigenvalue weighted by Crippen LogP contribution is -2.15. The zero-order valence-electron chi connectivity index (χ0n) is 14.9. The van der Waals surface area contributed by atoms with E-state index in [1.807, 2.05) is 12.1 Å². The van der Waals surface area contributed by atoms with Crippen LogP contribution in [0.1, 0.15) is 54.0 Å². The second kappa shape index (κ2) is 7.70. The number of esters is 1. The molecule has 132 valence electrons. The van der Waals surface area contributed by atoms with Gasteiger partial charge >= 0.3 is 5.97 Å². The number of benzene rings is 2. The maximum Gasteiger partial charge on any atom is 0.339 e. The van der Waals surface area contributed by atoms with Crippen molar-refractivity contribution in [1.29, 1.82) is 0 Å². The Hall–Kier alpha value is -2.33. The summed E-state index contributed by atoms with van der Waals surface area (Å²) in [5, 5.41) is 3.06. The monoisotopic (exact) mass is 359 g/mol. The van der Waals surface area contributed by atoms with Crippen molar-refractivity contribution < 1.29 is 14.3 Å². The first kappa shape index (κ1) is 19.0. The van der Waals surface area contributed by atoms with E-state index in [1.54, 1.807) is 31.2 Å². The average Bonchev–Trinajstić information content (AvgIpc) is 2.56. The molecule has 0 aromatic heterocycles. The minimum absolute atomic E-state index is 0.0275. The third kappa shape index (κ3) is 4.83. The van der Waals surface area contributed by atoms with Crippen LogP contribution in [0.25, 0.3) is 0 Å². The number of carbonyl (C=O) groups is 2. The predicted molar refractivity (Wildman–Crippen MR) is 101 cm³/mol. The molecular weight excluding hydrogens is 338 g/mol. The van der Waals surface area contributed by atoms with E-state index in [-0.39, 0.29) is 28.5 Å². The van der Waals surface area contributed by atoms with Crippen molar-refractivity contribution in [2.75, 3.05) is 11.9 Å².